The predicted molar refractivity (Wildman–Crippen MR) is 75.1 cm³/mol. The summed E-state index contributed by atoms with van der Waals surface area (Å²) in [5, 5.41) is 0.247. The van der Waals surface area contributed by atoms with Crippen molar-refractivity contribution in [2.75, 3.05) is 0 Å². The molecule has 0 unspecified atom stereocenters. The summed E-state index contributed by atoms with van der Waals surface area (Å²) in [5.74, 6) is -0.670. The Morgan fingerprint density at radius 2 is 1.81 bits per heavy atom. The van der Waals surface area contributed by atoms with E-state index in [0.717, 1.165) is 6.07 Å². The largest absolute Gasteiger partial charge is 0.416 e. The molecule has 0 saturated carbocycles. The second-order valence-electron chi connectivity index (χ2n) is 4.59. The van der Waals surface area contributed by atoms with E-state index in [1.54, 1.807) is 0 Å². The first-order valence-electron chi connectivity index (χ1n) is 5.97. The number of hydrogen-bond acceptors (Lipinski definition) is 1. The van der Waals surface area contributed by atoms with E-state index in [9.17, 15) is 18.0 Å². The van der Waals surface area contributed by atoms with Crippen LogP contribution in [0.5, 0.6) is 0 Å². The summed E-state index contributed by atoms with van der Waals surface area (Å²) in [7, 11) is 0. The molecule has 0 heterocycles. The van der Waals surface area contributed by atoms with Crippen LogP contribution in [-0.4, -0.2) is 5.91 Å². The molecule has 0 aliphatic rings. The molecule has 2 rings (SSSR count). The highest BCUT2D eigenvalue weighted by molar-refractivity contribution is 6.33. The summed E-state index contributed by atoms with van der Waals surface area (Å²) in [6.45, 7) is 1.38. The predicted octanol–water partition coefficient (Wildman–Crippen LogP) is 4.43. The van der Waals surface area contributed by atoms with Crippen molar-refractivity contribution in [3.8, 4) is 11.1 Å². The summed E-state index contributed by atoms with van der Waals surface area (Å²) < 4.78 is 38.8. The Morgan fingerprint density at radius 3 is 2.38 bits per heavy atom. The van der Waals surface area contributed by atoms with Crippen LogP contribution in [0.4, 0.5) is 13.2 Å². The van der Waals surface area contributed by atoms with Crippen LogP contribution in [0.25, 0.3) is 11.1 Å². The third-order valence-corrected chi connectivity index (χ3v) is 3.43. The number of amides is 1. The van der Waals surface area contributed by atoms with Crippen molar-refractivity contribution < 1.29 is 18.0 Å². The van der Waals surface area contributed by atoms with Crippen molar-refractivity contribution in [3.63, 3.8) is 0 Å². The molecule has 0 aromatic heterocycles. The number of aryl methyl sites for hydroxylation is 1. The van der Waals surface area contributed by atoms with E-state index in [-0.39, 0.29) is 21.7 Å². The number of halogens is 4. The SMILES string of the molecule is Cc1ccc(-c2cc(C(N)=O)ccc2Cl)cc1C(F)(F)F. The third-order valence-electron chi connectivity index (χ3n) is 3.10. The van der Waals surface area contributed by atoms with Crippen LogP contribution in [0.1, 0.15) is 21.5 Å². The van der Waals surface area contributed by atoms with Crippen molar-refractivity contribution in [1.82, 2.24) is 0 Å². The van der Waals surface area contributed by atoms with Gasteiger partial charge in [0.25, 0.3) is 0 Å². The topological polar surface area (TPSA) is 43.1 Å². The molecule has 2 N–H and O–H groups in total. The molecule has 0 radical (unpaired) electrons. The van der Waals surface area contributed by atoms with Crippen LogP contribution in [0, 0.1) is 6.92 Å². The fourth-order valence-electron chi connectivity index (χ4n) is 1.99. The van der Waals surface area contributed by atoms with Crippen molar-refractivity contribution in [1.29, 1.82) is 0 Å². The molecule has 2 aromatic rings. The maximum Gasteiger partial charge on any atom is 0.416 e. The van der Waals surface area contributed by atoms with Gasteiger partial charge >= 0.3 is 6.18 Å². The van der Waals surface area contributed by atoms with Crippen LogP contribution in [0.2, 0.25) is 5.02 Å². The zero-order chi connectivity index (χ0) is 15.8. The van der Waals surface area contributed by atoms with Crippen LogP contribution in [0.15, 0.2) is 36.4 Å². The Balaban J connectivity index is 2.62. The summed E-state index contributed by atoms with van der Waals surface area (Å²) in [6.07, 6.45) is -4.45. The Bertz CT molecular complexity index is 711. The average molecular weight is 314 g/mol. The van der Waals surface area contributed by atoms with E-state index in [0.29, 0.717) is 5.56 Å². The first kappa shape index (κ1) is 15.4. The molecular weight excluding hydrogens is 303 g/mol. The molecule has 110 valence electrons. The van der Waals surface area contributed by atoms with Crippen LogP contribution in [0.3, 0.4) is 0 Å². The summed E-state index contributed by atoms with van der Waals surface area (Å²) in [4.78, 5) is 11.2. The van der Waals surface area contributed by atoms with E-state index in [4.69, 9.17) is 17.3 Å². The minimum atomic E-state index is -4.45. The lowest BCUT2D eigenvalue weighted by Gasteiger charge is -2.13. The van der Waals surface area contributed by atoms with Crippen LogP contribution < -0.4 is 5.73 Å². The molecule has 0 aliphatic heterocycles. The highest BCUT2D eigenvalue weighted by Crippen LogP contribution is 2.36. The molecule has 0 atom stereocenters. The molecule has 0 aliphatic carbocycles. The van der Waals surface area contributed by atoms with E-state index < -0.39 is 17.6 Å². The Labute approximate surface area is 124 Å². The zero-order valence-electron chi connectivity index (χ0n) is 11.0. The van der Waals surface area contributed by atoms with Crippen molar-refractivity contribution in [2.45, 2.75) is 13.1 Å². The number of alkyl halides is 3. The first-order chi connectivity index (χ1) is 9.70. The molecule has 6 heteroatoms. The molecule has 2 nitrogen and oxygen atoms in total. The molecule has 0 fully saturated rings. The minimum absolute atomic E-state index is 0.119. The normalized spacial score (nSPS) is 11.5. The van der Waals surface area contributed by atoms with Crippen molar-refractivity contribution >= 4 is 17.5 Å². The molecular formula is C15H11ClF3NO. The number of carbonyl (C=O) groups excluding carboxylic acids is 1. The third kappa shape index (κ3) is 3.19. The van der Waals surface area contributed by atoms with Gasteiger partial charge in [-0.25, -0.2) is 0 Å². The number of hydrogen-bond donors (Lipinski definition) is 1. The van der Waals surface area contributed by atoms with E-state index >= 15 is 0 Å². The number of primary amides is 1. The quantitative estimate of drug-likeness (QED) is 0.875. The molecule has 1 amide bonds. The van der Waals surface area contributed by atoms with Gasteiger partial charge in [0, 0.05) is 16.1 Å². The van der Waals surface area contributed by atoms with Crippen molar-refractivity contribution in [2.24, 2.45) is 5.73 Å². The summed E-state index contributed by atoms with van der Waals surface area (Å²) in [6, 6.07) is 8.15. The Hall–Kier alpha value is -2.01. The first-order valence-corrected chi connectivity index (χ1v) is 6.35. The standard InChI is InChI=1S/C15H11ClF3NO/c1-8-2-3-9(7-12(8)15(17,18)19)11-6-10(14(20)21)4-5-13(11)16/h2-7H,1H3,(H2,20,21). The van der Waals surface area contributed by atoms with E-state index in [2.05, 4.69) is 0 Å². The smallest absolute Gasteiger partial charge is 0.366 e. The molecule has 0 saturated heterocycles. The number of rotatable bonds is 2. The highest BCUT2D eigenvalue weighted by atomic mass is 35.5. The summed E-state index contributed by atoms with van der Waals surface area (Å²) in [5.41, 5.74) is 5.35. The zero-order valence-corrected chi connectivity index (χ0v) is 11.7. The maximum absolute atomic E-state index is 12.9. The van der Waals surface area contributed by atoms with Gasteiger partial charge in [0.15, 0.2) is 0 Å². The number of nitrogens with two attached hydrogens (primary N) is 1. The highest BCUT2D eigenvalue weighted by Gasteiger charge is 2.32. The van der Waals surface area contributed by atoms with Gasteiger partial charge < -0.3 is 5.73 Å². The van der Waals surface area contributed by atoms with E-state index in [1.807, 2.05) is 0 Å². The molecule has 21 heavy (non-hydrogen) atoms. The Kier molecular flexibility index (Phi) is 3.96. The maximum atomic E-state index is 12.9. The van der Waals surface area contributed by atoms with Gasteiger partial charge in [-0.2, -0.15) is 13.2 Å². The van der Waals surface area contributed by atoms with Gasteiger partial charge in [-0.15, -0.1) is 0 Å². The molecule has 0 bridgehead atoms. The van der Waals surface area contributed by atoms with Crippen LogP contribution >= 0.6 is 11.6 Å². The van der Waals surface area contributed by atoms with Crippen LogP contribution in [-0.2, 0) is 6.18 Å². The van der Waals surface area contributed by atoms with Gasteiger partial charge in [-0.3, -0.25) is 4.79 Å². The number of benzene rings is 2. The lowest BCUT2D eigenvalue weighted by molar-refractivity contribution is -0.138. The van der Waals surface area contributed by atoms with Gasteiger partial charge in [0.05, 0.1) is 5.56 Å². The lowest BCUT2D eigenvalue weighted by atomic mass is 9.98. The average Bonchev–Trinajstić information content (AvgIpc) is 2.38. The second kappa shape index (κ2) is 5.41. The van der Waals surface area contributed by atoms with Gasteiger partial charge in [-0.05, 0) is 42.3 Å². The van der Waals surface area contributed by atoms with Gasteiger partial charge in [0.1, 0.15) is 0 Å². The van der Waals surface area contributed by atoms with E-state index in [1.165, 1.54) is 37.3 Å². The number of carbonyl (C=O) groups is 1. The van der Waals surface area contributed by atoms with Crippen molar-refractivity contribution in [3.05, 3.63) is 58.1 Å². The molecule has 0 spiro atoms. The molecule has 2 aromatic carbocycles. The van der Waals surface area contributed by atoms with Gasteiger partial charge in [0.2, 0.25) is 5.91 Å². The second-order valence-corrected chi connectivity index (χ2v) is 4.99. The monoisotopic (exact) mass is 313 g/mol. The Morgan fingerprint density at radius 1 is 1.14 bits per heavy atom. The fourth-order valence-corrected chi connectivity index (χ4v) is 2.22. The fraction of sp³-hybridized carbons (Fsp3) is 0.133. The lowest BCUT2D eigenvalue weighted by Crippen LogP contribution is -2.11. The summed E-state index contributed by atoms with van der Waals surface area (Å²) >= 11 is 6.01. The minimum Gasteiger partial charge on any atom is -0.366 e. The van der Waals surface area contributed by atoms with Gasteiger partial charge in [-0.1, -0.05) is 23.7 Å².